The van der Waals surface area contributed by atoms with E-state index < -0.39 is 6.10 Å². The summed E-state index contributed by atoms with van der Waals surface area (Å²) >= 11 is 0. The smallest absolute Gasteiger partial charge is 0.306 e. The lowest BCUT2D eigenvalue weighted by Crippen LogP contribution is -2.30. The molecule has 0 saturated heterocycles. The predicted octanol–water partition coefficient (Wildman–Crippen LogP) is 23.4. The molecular formula is C74H126O6. The summed E-state index contributed by atoms with van der Waals surface area (Å²) < 4.78 is 17.0. The molecule has 1 atom stereocenters. The van der Waals surface area contributed by atoms with Crippen LogP contribution in [0.1, 0.15) is 323 Å². The van der Waals surface area contributed by atoms with E-state index in [0.29, 0.717) is 19.3 Å². The van der Waals surface area contributed by atoms with Gasteiger partial charge in [-0.15, -0.1) is 0 Å². The van der Waals surface area contributed by atoms with Crippen LogP contribution in [-0.4, -0.2) is 37.2 Å². The molecule has 0 N–H and O–H groups in total. The number of rotatable bonds is 61. The summed E-state index contributed by atoms with van der Waals surface area (Å²) in [6.45, 7) is 6.53. The zero-order chi connectivity index (χ0) is 57.8. The molecule has 0 aliphatic carbocycles. The van der Waals surface area contributed by atoms with Gasteiger partial charge in [0.05, 0.1) is 0 Å². The van der Waals surface area contributed by atoms with E-state index in [-0.39, 0.29) is 31.1 Å². The maximum absolute atomic E-state index is 12.9. The van der Waals surface area contributed by atoms with E-state index in [1.165, 1.54) is 154 Å². The quantitative estimate of drug-likeness (QED) is 0.0261. The van der Waals surface area contributed by atoms with E-state index in [2.05, 4.69) is 130 Å². The molecule has 0 fully saturated rings. The number of esters is 3. The first kappa shape index (κ1) is 76.1. The SMILES string of the molecule is CC/C=C\C/C=C\C/C=C\C/C=C\C/C=C\C/C=C\CCCCCCCCC(=O)OCC(COC(=O)CCCCCCCCCCCCCCCC)OC(=O)CCCCCCCCCC/C=C\C/C=C\C/C=C\CCCCCCC. The first-order valence-corrected chi connectivity index (χ1v) is 33.9. The van der Waals surface area contributed by atoms with Crippen LogP contribution < -0.4 is 0 Å². The van der Waals surface area contributed by atoms with Crippen LogP contribution in [0.2, 0.25) is 0 Å². The topological polar surface area (TPSA) is 78.9 Å². The van der Waals surface area contributed by atoms with Crippen LogP contribution in [-0.2, 0) is 28.6 Å². The summed E-state index contributed by atoms with van der Waals surface area (Å²) in [5, 5.41) is 0. The molecule has 0 amide bonds. The normalized spacial score (nSPS) is 12.8. The summed E-state index contributed by atoms with van der Waals surface area (Å²) in [5.74, 6) is -0.895. The fourth-order valence-corrected chi connectivity index (χ4v) is 9.45. The Morgan fingerprint density at radius 2 is 0.487 bits per heavy atom. The van der Waals surface area contributed by atoms with Crippen molar-refractivity contribution < 1.29 is 28.6 Å². The lowest BCUT2D eigenvalue weighted by molar-refractivity contribution is -0.167. The van der Waals surface area contributed by atoms with E-state index in [0.717, 1.165) is 128 Å². The molecule has 0 aromatic carbocycles. The number of hydrogen-bond donors (Lipinski definition) is 0. The van der Waals surface area contributed by atoms with Gasteiger partial charge in [0.1, 0.15) is 13.2 Å². The number of carbonyl (C=O) groups excluding carboxylic acids is 3. The average molecular weight is 1110 g/mol. The monoisotopic (exact) mass is 1110 g/mol. The molecule has 458 valence electrons. The standard InChI is InChI=1S/C74H126O6/c1-4-7-10-13-16-19-22-25-28-30-32-34-36-37-39-40-42-44-46-49-52-55-58-61-64-67-73(76)79-70-71(69-78-72(75)66-63-60-57-54-51-48-27-24-21-18-15-12-9-6-3)80-74(77)68-65-62-59-56-53-50-47-45-43-41-38-35-33-31-29-26-23-20-17-14-11-8-5-2/h7,10,16,19,23,25-26,28,31-34,37-39,41-42,44,71H,4-6,8-9,11-15,17-18,20-22,24,27,29-30,35-36,40,43,45-70H2,1-3H3/b10-7-,19-16-,26-23-,28-25-,33-31-,34-32-,39-37-,41-38-,44-42-. The highest BCUT2D eigenvalue weighted by Gasteiger charge is 2.19. The highest BCUT2D eigenvalue weighted by molar-refractivity contribution is 5.71. The Morgan fingerprint density at radius 1 is 0.263 bits per heavy atom. The molecule has 0 heterocycles. The minimum Gasteiger partial charge on any atom is -0.462 e. The van der Waals surface area contributed by atoms with E-state index in [9.17, 15) is 14.4 Å². The first-order valence-electron chi connectivity index (χ1n) is 33.9. The molecule has 0 radical (unpaired) electrons. The Kier molecular flexibility index (Phi) is 64.3. The minimum atomic E-state index is -0.791. The van der Waals surface area contributed by atoms with Crippen molar-refractivity contribution in [3.63, 3.8) is 0 Å². The van der Waals surface area contributed by atoms with Gasteiger partial charge >= 0.3 is 17.9 Å². The molecule has 0 saturated carbocycles. The molecule has 80 heavy (non-hydrogen) atoms. The van der Waals surface area contributed by atoms with Crippen molar-refractivity contribution in [1.29, 1.82) is 0 Å². The van der Waals surface area contributed by atoms with Crippen LogP contribution in [0.4, 0.5) is 0 Å². The first-order chi connectivity index (χ1) is 39.5. The van der Waals surface area contributed by atoms with Crippen LogP contribution in [0.15, 0.2) is 109 Å². The Morgan fingerprint density at radius 3 is 0.762 bits per heavy atom. The number of allylic oxidation sites excluding steroid dienone is 18. The third kappa shape index (κ3) is 64.9. The van der Waals surface area contributed by atoms with Gasteiger partial charge in [-0.05, 0) is 109 Å². The van der Waals surface area contributed by atoms with Crippen LogP contribution in [0.25, 0.3) is 0 Å². The van der Waals surface area contributed by atoms with Gasteiger partial charge in [0.25, 0.3) is 0 Å². The maximum Gasteiger partial charge on any atom is 0.306 e. The van der Waals surface area contributed by atoms with Gasteiger partial charge in [0.15, 0.2) is 6.10 Å². The van der Waals surface area contributed by atoms with Crippen molar-refractivity contribution >= 4 is 17.9 Å². The number of ether oxygens (including phenoxy) is 3. The van der Waals surface area contributed by atoms with Crippen molar-refractivity contribution in [3.8, 4) is 0 Å². The van der Waals surface area contributed by atoms with Gasteiger partial charge in [-0.3, -0.25) is 14.4 Å². The molecule has 0 aromatic rings. The van der Waals surface area contributed by atoms with Crippen LogP contribution in [0.5, 0.6) is 0 Å². The third-order valence-electron chi connectivity index (χ3n) is 14.5. The second kappa shape index (κ2) is 67.6. The highest BCUT2D eigenvalue weighted by Crippen LogP contribution is 2.16. The van der Waals surface area contributed by atoms with Crippen LogP contribution in [0.3, 0.4) is 0 Å². The molecule has 0 rings (SSSR count). The van der Waals surface area contributed by atoms with E-state index in [1.54, 1.807) is 0 Å². The van der Waals surface area contributed by atoms with Gasteiger partial charge in [0, 0.05) is 19.3 Å². The van der Waals surface area contributed by atoms with Gasteiger partial charge in [-0.1, -0.05) is 304 Å². The number of unbranched alkanes of at least 4 members (excludes halogenated alkanes) is 32. The molecular weight excluding hydrogens is 985 g/mol. The molecule has 0 aromatic heterocycles. The van der Waals surface area contributed by atoms with Crippen LogP contribution in [0, 0.1) is 0 Å². The summed E-state index contributed by atoms with van der Waals surface area (Å²) in [4.78, 5) is 38.4. The fourth-order valence-electron chi connectivity index (χ4n) is 9.45. The summed E-state index contributed by atoms with van der Waals surface area (Å²) in [6, 6.07) is 0. The lowest BCUT2D eigenvalue weighted by atomic mass is 10.0. The highest BCUT2D eigenvalue weighted by atomic mass is 16.6. The summed E-state index contributed by atoms with van der Waals surface area (Å²) in [6.07, 6.45) is 92.3. The molecule has 6 nitrogen and oxygen atoms in total. The van der Waals surface area contributed by atoms with E-state index >= 15 is 0 Å². The van der Waals surface area contributed by atoms with Crippen LogP contribution >= 0.6 is 0 Å². The van der Waals surface area contributed by atoms with Crippen molar-refractivity contribution in [1.82, 2.24) is 0 Å². The Balaban J connectivity index is 4.39. The largest absolute Gasteiger partial charge is 0.462 e. The van der Waals surface area contributed by atoms with E-state index in [1.807, 2.05) is 0 Å². The summed E-state index contributed by atoms with van der Waals surface area (Å²) in [5.41, 5.74) is 0. The molecule has 0 aliphatic heterocycles. The third-order valence-corrected chi connectivity index (χ3v) is 14.5. The Hall–Kier alpha value is -3.93. The lowest BCUT2D eigenvalue weighted by Gasteiger charge is -2.18. The predicted molar refractivity (Wildman–Crippen MR) is 348 cm³/mol. The second-order valence-electron chi connectivity index (χ2n) is 22.4. The summed E-state index contributed by atoms with van der Waals surface area (Å²) in [7, 11) is 0. The number of hydrogen-bond acceptors (Lipinski definition) is 6. The van der Waals surface area contributed by atoms with Gasteiger partial charge in [-0.25, -0.2) is 0 Å². The molecule has 1 unspecified atom stereocenters. The van der Waals surface area contributed by atoms with E-state index in [4.69, 9.17) is 14.2 Å². The molecule has 6 heteroatoms. The Bertz CT molecular complexity index is 1610. The maximum atomic E-state index is 12.9. The number of carbonyl (C=O) groups is 3. The average Bonchev–Trinajstić information content (AvgIpc) is 3.46. The van der Waals surface area contributed by atoms with Gasteiger partial charge in [0.2, 0.25) is 0 Å². The van der Waals surface area contributed by atoms with Gasteiger partial charge in [-0.2, -0.15) is 0 Å². The van der Waals surface area contributed by atoms with Crippen molar-refractivity contribution in [2.75, 3.05) is 13.2 Å². The Labute approximate surface area is 495 Å². The van der Waals surface area contributed by atoms with Gasteiger partial charge < -0.3 is 14.2 Å². The molecule has 0 bridgehead atoms. The second-order valence-corrected chi connectivity index (χ2v) is 22.4. The minimum absolute atomic E-state index is 0.0842. The van der Waals surface area contributed by atoms with Crippen molar-refractivity contribution in [2.45, 2.75) is 329 Å². The van der Waals surface area contributed by atoms with Crippen molar-refractivity contribution in [3.05, 3.63) is 109 Å². The fraction of sp³-hybridized carbons (Fsp3) is 0.716. The zero-order valence-corrected chi connectivity index (χ0v) is 52.6. The zero-order valence-electron chi connectivity index (χ0n) is 52.6. The molecule has 0 spiro atoms. The molecule has 0 aliphatic rings. The van der Waals surface area contributed by atoms with Crippen molar-refractivity contribution in [2.24, 2.45) is 0 Å².